The molecule has 13 rings (SSSR count). The maximum Gasteiger partial charge on any atom is 0.138 e. The average Bonchev–Trinajstić information content (AvgIpc) is 3.50. The summed E-state index contributed by atoms with van der Waals surface area (Å²) in [5.74, 6) is 0. The van der Waals surface area contributed by atoms with Crippen molar-refractivity contribution >= 4 is 0 Å². The largest absolute Gasteiger partial charge is 0.251 e. The van der Waals surface area contributed by atoms with E-state index < -0.39 is 10.8 Å². The molecule has 0 atom stereocenters. The van der Waals surface area contributed by atoms with E-state index in [1.165, 1.54) is 0 Å². The monoisotopic (exact) mass is 946 g/mol. The summed E-state index contributed by atoms with van der Waals surface area (Å²) in [6.07, 6.45) is 0. The second-order valence-electron chi connectivity index (χ2n) is 18.6. The number of rotatable bonds is 8. The lowest BCUT2D eigenvalue weighted by atomic mass is 9.68. The summed E-state index contributed by atoms with van der Waals surface area (Å²) in [6, 6.07) is 96.7. The van der Waals surface area contributed by atoms with Gasteiger partial charge in [-0.2, -0.15) is 0 Å². The molecule has 0 amide bonds. The van der Waals surface area contributed by atoms with Crippen molar-refractivity contribution in [2.24, 2.45) is 0 Å². The van der Waals surface area contributed by atoms with E-state index in [1.54, 1.807) is 0 Å². The van der Waals surface area contributed by atoms with Crippen LogP contribution in [0.3, 0.4) is 0 Å². The predicted octanol–water partition coefficient (Wildman–Crippen LogP) is 15.1. The number of nitrogens with zero attached hydrogens (tertiary/aromatic N) is 6. The maximum atomic E-state index is 5.78. The van der Waals surface area contributed by atoms with Gasteiger partial charge in [-0.25, -0.2) is 0 Å². The second-order valence-corrected chi connectivity index (χ2v) is 18.6. The summed E-state index contributed by atoms with van der Waals surface area (Å²) in [5.41, 5.74) is 15.2. The molecule has 7 heterocycles. The molecular formula is C68H46N6. The lowest BCUT2D eigenvalue weighted by Crippen LogP contribution is -2.35. The highest BCUT2D eigenvalue weighted by Crippen LogP contribution is 2.48. The van der Waals surface area contributed by atoms with Gasteiger partial charge in [-0.15, -0.1) is 0 Å². The van der Waals surface area contributed by atoms with Crippen molar-refractivity contribution in [3.63, 3.8) is 0 Å². The summed E-state index contributed by atoms with van der Waals surface area (Å²) >= 11 is 0. The molecule has 12 aromatic rings. The van der Waals surface area contributed by atoms with E-state index in [2.05, 4.69) is 231 Å². The Morgan fingerprint density at radius 3 is 0.662 bits per heavy atom. The summed E-state index contributed by atoms with van der Waals surface area (Å²) < 4.78 is 0. The summed E-state index contributed by atoms with van der Waals surface area (Å²) in [5, 5.41) is 0. The molecule has 0 unspecified atom stereocenters. The van der Waals surface area contributed by atoms with Crippen LogP contribution in [0.4, 0.5) is 0 Å². The highest BCUT2D eigenvalue weighted by atomic mass is 14.9. The Bertz CT molecular complexity index is 3450. The lowest BCUT2D eigenvalue weighted by Gasteiger charge is -2.36. The molecule has 0 N–H and O–H groups in total. The Kier molecular flexibility index (Phi) is 11.2. The van der Waals surface area contributed by atoms with Crippen LogP contribution in [0.5, 0.6) is 0 Å². The van der Waals surface area contributed by atoms with Crippen molar-refractivity contribution < 1.29 is 0 Å². The standard InChI is InChI=1S/C68H46N6/c1-5-21-47(22-6-1)55-33-15-39-61(69-55)67(62-40-16-34-56(70-62)48-23-7-2-8-24-48)53-31-13-29-51(45-53)59-37-19-43-65(73-59)68(63-41-17-35-57(71-63)49-25-9-3-10-26-49,64-42-18-36-58(72-64)50-27-11-4-12-28-50)66-44-20-38-60(74-66)52-30-14-32-54(67)46-52/h1-46H. The quantitative estimate of drug-likeness (QED) is 0.151. The number of hydrogen-bond acceptors (Lipinski definition) is 6. The zero-order valence-electron chi connectivity index (χ0n) is 40.2. The van der Waals surface area contributed by atoms with E-state index in [0.717, 1.165) is 113 Å². The molecule has 6 aromatic carbocycles. The molecule has 6 heteroatoms. The topological polar surface area (TPSA) is 77.3 Å². The van der Waals surface area contributed by atoms with Crippen LogP contribution in [0, 0.1) is 0 Å². The summed E-state index contributed by atoms with van der Waals surface area (Å²) in [6.45, 7) is 0. The van der Waals surface area contributed by atoms with Gasteiger partial charge >= 0.3 is 0 Å². The molecule has 74 heavy (non-hydrogen) atoms. The Morgan fingerprint density at radius 2 is 0.392 bits per heavy atom. The first-order valence-electron chi connectivity index (χ1n) is 24.9. The molecule has 0 spiro atoms. The van der Waals surface area contributed by atoms with Crippen LogP contribution in [0.25, 0.3) is 67.5 Å². The average molecular weight is 947 g/mol. The molecule has 0 radical (unpaired) electrons. The molecule has 0 aliphatic carbocycles. The molecule has 1 aliphatic heterocycles. The van der Waals surface area contributed by atoms with Crippen LogP contribution < -0.4 is 0 Å². The number of hydrogen-bond donors (Lipinski definition) is 0. The first-order valence-corrected chi connectivity index (χ1v) is 24.9. The van der Waals surface area contributed by atoms with E-state index in [1.807, 2.05) is 48.5 Å². The third-order valence-corrected chi connectivity index (χ3v) is 14.3. The lowest BCUT2D eigenvalue weighted by molar-refractivity contribution is 0.645. The molecule has 0 saturated carbocycles. The Hall–Kier alpha value is -9.78. The third-order valence-electron chi connectivity index (χ3n) is 14.3. The minimum Gasteiger partial charge on any atom is -0.251 e. The summed E-state index contributed by atoms with van der Waals surface area (Å²) in [4.78, 5) is 34.0. The van der Waals surface area contributed by atoms with Crippen LogP contribution in [0.15, 0.2) is 279 Å². The highest BCUT2D eigenvalue weighted by molar-refractivity contribution is 5.72. The van der Waals surface area contributed by atoms with Crippen molar-refractivity contribution in [2.45, 2.75) is 10.8 Å². The van der Waals surface area contributed by atoms with Crippen LogP contribution in [-0.2, 0) is 10.8 Å². The van der Waals surface area contributed by atoms with Gasteiger partial charge < -0.3 is 0 Å². The van der Waals surface area contributed by atoms with Crippen molar-refractivity contribution in [3.05, 3.63) is 324 Å². The second kappa shape index (κ2) is 18.8. The van der Waals surface area contributed by atoms with Crippen LogP contribution in [0.2, 0.25) is 0 Å². The normalized spacial score (nSPS) is 13.1. The van der Waals surface area contributed by atoms with E-state index >= 15 is 0 Å². The maximum absolute atomic E-state index is 5.78. The van der Waals surface area contributed by atoms with Crippen LogP contribution in [-0.4, -0.2) is 29.9 Å². The minimum atomic E-state index is -1.21. The van der Waals surface area contributed by atoms with Gasteiger partial charge in [0, 0.05) is 33.4 Å². The van der Waals surface area contributed by atoms with Gasteiger partial charge in [-0.3, -0.25) is 29.9 Å². The van der Waals surface area contributed by atoms with Gasteiger partial charge in [0.15, 0.2) is 0 Å². The zero-order chi connectivity index (χ0) is 49.3. The van der Waals surface area contributed by atoms with Gasteiger partial charge in [0.25, 0.3) is 0 Å². The molecule has 6 aromatic heterocycles. The van der Waals surface area contributed by atoms with E-state index in [-0.39, 0.29) is 0 Å². The van der Waals surface area contributed by atoms with Crippen molar-refractivity contribution in [2.75, 3.05) is 0 Å². The molecule has 1 aliphatic rings. The first-order chi connectivity index (χ1) is 36.6. The number of fused-ring (bicyclic) bond motifs is 10. The Balaban J connectivity index is 1.13. The van der Waals surface area contributed by atoms with Crippen molar-refractivity contribution in [3.8, 4) is 67.5 Å². The van der Waals surface area contributed by atoms with Crippen molar-refractivity contribution in [1.29, 1.82) is 0 Å². The molecule has 0 saturated heterocycles. The smallest absolute Gasteiger partial charge is 0.138 e. The highest BCUT2D eigenvalue weighted by Gasteiger charge is 2.46. The molecule has 348 valence electrons. The van der Waals surface area contributed by atoms with Crippen LogP contribution >= 0.6 is 0 Å². The fraction of sp³-hybridized carbons (Fsp3) is 0.0294. The van der Waals surface area contributed by atoms with E-state index in [4.69, 9.17) is 29.9 Å². The number of aromatic nitrogens is 6. The zero-order valence-corrected chi connectivity index (χ0v) is 40.2. The van der Waals surface area contributed by atoms with Gasteiger partial charge in [0.2, 0.25) is 0 Å². The van der Waals surface area contributed by atoms with Gasteiger partial charge in [-0.05, 0) is 96.1 Å². The Morgan fingerprint density at radius 1 is 0.176 bits per heavy atom. The summed E-state index contributed by atoms with van der Waals surface area (Å²) in [7, 11) is 0. The first kappa shape index (κ1) is 44.2. The van der Waals surface area contributed by atoms with E-state index in [9.17, 15) is 0 Å². The molecule has 6 nitrogen and oxygen atoms in total. The minimum absolute atomic E-state index is 0.729. The van der Waals surface area contributed by atoms with Crippen molar-refractivity contribution in [1.82, 2.24) is 29.9 Å². The number of pyridine rings is 6. The fourth-order valence-corrected chi connectivity index (χ4v) is 10.8. The van der Waals surface area contributed by atoms with Gasteiger partial charge in [0.05, 0.1) is 68.3 Å². The number of benzene rings is 6. The molecule has 0 fully saturated rings. The molecular weight excluding hydrogens is 901 g/mol. The van der Waals surface area contributed by atoms with Gasteiger partial charge in [-0.1, -0.05) is 194 Å². The SMILES string of the molecule is c1ccc(-c2cccc(C3(c4cccc(-c5ccccc5)n4)c4cccc(c4)-c4cccc(n4)C(c4cccc(-c5ccccc5)n4)(c4cccc(-c5ccccc5)n4)c4cccc(n4)-c4cccc3c4)n2)cc1. The fourth-order valence-electron chi connectivity index (χ4n) is 10.8. The van der Waals surface area contributed by atoms with Gasteiger partial charge in [0.1, 0.15) is 10.8 Å². The van der Waals surface area contributed by atoms with Crippen LogP contribution in [0.1, 0.15) is 45.3 Å². The van der Waals surface area contributed by atoms with E-state index in [0.29, 0.717) is 0 Å². The predicted molar refractivity (Wildman–Crippen MR) is 296 cm³/mol. The molecule has 8 bridgehead atoms. The third kappa shape index (κ3) is 7.68. The Labute approximate surface area is 430 Å².